The van der Waals surface area contributed by atoms with E-state index in [2.05, 4.69) is 21.2 Å². The maximum Gasteiger partial charge on any atom is 0.271 e. The summed E-state index contributed by atoms with van der Waals surface area (Å²) < 4.78 is 8.09. The minimum Gasteiger partial charge on any atom is -0.497 e. The molecule has 3 heterocycles. The number of carbonyl (C=O) groups excluding carboxylic acids is 2. The molecule has 2 aliphatic heterocycles. The molecule has 1 N–H and O–H groups in total. The second-order valence-electron chi connectivity index (χ2n) is 9.58. The molecule has 4 aromatic rings. The van der Waals surface area contributed by atoms with Crippen LogP contribution in [0.4, 0.5) is 11.4 Å². The summed E-state index contributed by atoms with van der Waals surface area (Å²) in [6, 6.07) is 21.2. The van der Waals surface area contributed by atoms with Crippen LogP contribution in [0.25, 0.3) is 5.57 Å². The van der Waals surface area contributed by atoms with Crippen molar-refractivity contribution >= 4 is 56.0 Å². The summed E-state index contributed by atoms with van der Waals surface area (Å²) in [7, 11) is 1.57. The number of allylic oxidation sites excluding steroid dienone is 1. The van der Waals surface area contributed by atoms with Crippen LogP contribution in [0.1, 0.15) is 31.0 Å². The van der Waals surface area contributed by atoms with Crippen molar-refractivity contribution in [2.75, 3.05) is 23.9 Å². The molecule has 2 aliphatic rings. The van der Waals surface area contributed by atoms with Gasteiger partial charge in [-0.15, -0.1) is 0 Å². The van der Waals surface area contributed by atoms with E-state index >= 15 is 0 Å². The third-order valence-electron chi connectivity index (χ3n) is 7.20. The smallest absolute Gasteiger partial charge is 0.271 e. The van der Waals surface area contributed by atoms with Gasteiger partial charge in [0.1, 0.15) is 10.3 Å². The monoisotopic (exact) mass is 628 g/mol. The van der Waals surface area contributed by atoms with E-state index in [1.54, 1.807) is 37.1 Å². The van der Waals surface area contributed by atoms with Crippen LogP contribution in [-0.4, -0.2) is 30.0 Å². The Balaban J connectivity index is 1.61. The zero-order valence-electron chi connectivity index (χ0n) is 22.5. The molecule has 0 aliphatic carbocycles. The highest BCUT2D eigenvalue weighted by Crippen LogP contribution is 2.37. The van der Waals surface area contributed by atoms with Crippen molar-refractivity contribution < 1.29 is 14.3 Å². The first-order valence-electron chi connectivity index (χ1n) is 13.0. The van der Waals surface area contributed by atoms with Crippen molar-refractivity contribution in [3.63, 3.8) is 0 Å². The van der Waals surface area contributed by atoms with E-state index in [0.717, 1.165) is 21.5 Å². The van der Waals surface area contributed by atoms with Gasteiger partial charge in [-0.1, -0.05) is 57.6 Å². The SMILES string of the molecule is CCN1C(=O)/C(=c2/sc3n(c2=O)[C@H](c2cccc(OC)c2)C(C(=O)Nc2ccccc2)=C(C)N=3)c2cc(Br)ccc21. The van der Waals surface area contributed by atoms with E-state index in [0.29, 0.717) is 50.8 Å². The number of methoxy groups -OCH3 is 1. The second-order valence-corrected chi connectivity index (χ2v) is 11.5. The highest BCUT2D eigenvalue weighted by molar-refractivity contribution is 9.10. The summed E-state index contributed by atoms with van der Waals surface area (Å²) in [5.74, 6) is -0.0126. The molecule has 0 saturated carbocycles. The quantitative estimate of drug-likeness (QED) is 0.355. The van der Waals surface area contributed by atoms with Crippen molar-refractivity contribution in [2.24, 2.45) is 4.99 Å². The maximum absolute atomic E-state index is 14.3. The molecular formula is C31H25BrN4O4S. The molecule has 1 atom stereocenters. The fourth-order valence-corrected chi connectivity index (χ4v) is 6.84. The van der Waals surface area contributed by atoms with Crippen LogP contribution in [0.3, 0.4) is 0 Å². The number of para-hydroxylation sites is 1. The summed E-state index contributed by atoms with van der Waals surface area (Å²) in [5, 5.41) is 2.95. The molecule has 0 saturated heterocycles. The number of halogens is 1. The Bertz CT molecular complexity index is 1940. The van der Waals surface area contributed by atoms with Crippen LogP contribution in [0.15, 0.2) is 98.3 Å². The van der Waals surface area contributed by atoms with Crippen LogP contribution >= 0.6 is 27.3 Å². The fourth-order valence-electron chi connectivity index (χ4n) is 5.35. The number of aromatic nitrogens is 1. The minimum atomic E-state index is -0.792. The van der Waals surface area contributed by atoms with Gasteiger partial charge < -0.3 is 15.0 Å². The molecule has 206 valence electrons. The lowest BCUT2D eigenvalue weighted by Gasteiger charge is -2.25. The van der Waals surface area contributed by atoms with Gasteiger partial charge in [-0.2, -0.15) is 0 Å². The van der Waals surface area contributed by atoms with Gasteiger partial charge in [0.2, 0.25) is 0 Å². The molecular weight excluding hydrogens is 604 g/mol. The first kappa shape index (κ1) is 26.9. The topological polar surface area (TPSA) is 93.0 Å². The Hall–Kier alpha value is -4.28. The fraction of sp³-hybridized carbons (Fsp3) is 0.161. The van der Waals surface area contributed by atoms with Crippen molar-refractivity contribution in [3.8, 4) is 5.75 Å². The normalized spacial score (nSPS) is 17.2. The summed E-state index contributed by atoms with van der Waals surface area (Å²) >= 11 is 4.67. The number of thiazole rings is 1. The van der Waals surface area contributed by atoms with Gasteiger partial charge in [0.25, 0.3) is 17.4 Å². The third-order valence-corrected chi connectivity index (χ3v) is 8.75. The highest BCUT2D eigenvalue weighted by atomic mass is 79.9. The predicted molar refractivity (Wildman–Crippen MR) is 163 cm³/mol. The van der Waals surface area contributed by atoms with Gasteiger partial charge >= 0.3 is 0 Å². The van der Waals surface area contributed by atoms with Crippen molar-refractivity contribution in [1.29, 1.82) is 0 Å². The minimum absolute atomic E-state index is 0.235. The van der Waals surface area contributed by atoms with E-state index in [4.69, 9.17) is 9.73 Å². The molecule has 41 heavy (non-hydrogen) atoms. The number of nitrogens with zero attached hydrogens (tertiary/aromatic N) is 3. The number of rotatable bonds is 5. The number of hydrogen-bond donors (Lipinski definition) is 1. The van der Waals surface area contributed by atoms with Gasteiger partial charge in [0.15, 0.2) is 4.80 Å². The molecule has 2 amide bonds. The molecule has 0 bridgehead atoms. The molecule has 6 rings (SSSR count). The van der Waals surface area contributed by atoms with Crippen LogP contribution < -0.4 is 29.8 Å². The number of nitrogens with one attached hydrogen (secondary N) is 1. The Morgan fingerprint density at radius 1 is 1.07 bits per heavy atom. The van der Waals surface area contributed by atoms with Crippen molar-refractivity contribution in [2.45, 2.75) is 19.9 Å². The third kappa shape index (κ3) is 4.53. The molecule has 3 aromatic carbocycles. The maximum atomic E-state index is 14.3. The van der Waals surface area contributed by atoms with E-state index in [1.165, 1.54) is 4.57 Å². The standard InChI is InChI=1S/C31H25BrN4O4S/c1-4-35-23-14-13-19(32)16-22(23)25(29(35)38)27-30(39)36-26(18-9-8-12-21(15-18)40-3)24(17(2)33-31(36)41-27)28(37)34-20-10-6-5-7-11-20/h5-16,26H,4H2,1-3H3,(H,34,37)/b27-25+/t26-/m1/s1. The second kappa shape index (κ2) is 10.6. The molecule has 0 unspecified atom stereocenters. The summed E-state index contributed by atoms with van der Waals surface area (Å²) in [6.07, 6.45) is 0. The number of hydrogen-bond acceptors (Lipinski definition) is 6. The van der Waals surface area contributed by atoms with Gasteiger partial charge in [0.05, 0.1) is 35.7 Å². The van der Waals surface area contributed by atoms with E-state index in [9.17, 15) is 14.4 Å². The van der Waals surface area contributed by atoms with Gasteiger partial charge in [-0.3, -0.25) is 19.0 Å². The van der Waals surface area contributed by atoms with E-state index in [1.807, 2.05) is 61.5 Å². The first-order chi connectivity index (χ1) is 19.8. The van der Waals surface area contributed by atoms with Crippen LogP contribution in [0.5, 0.6) is 5.75 Å². The van der Waals surface area contributed by atoms with Gasteiger partial charge in [-0.25, -0.2) is 4.99 Å². The van der Waals surface area contributed by atoms with Crippen LogP contribution in [0, 0.1) is 0 Å². The molecule has 1 aromatic heterocycles. The number of ether oxygens (including phenoxy) is 1. The lowest BCUT2D eigenvalue weighted by atomic mass is 9.95. The van der Waals surface area contributed by atoms with Crippen LogP contribution in [-0.2, 0) is 9.59 Å². The Kier molecular flexibility index (Phi) is 6.96. The number of amides is 2. The lowest BCUT2D eigenvalue weighted by Crippen LogP contribution is -2.41. The van der Waals surface area contributed by atoms with Crippen molar-refractivity contribution in [3.05, 3.63) is 119 Å². The molecule has 0 radical (unpaired) electrons. The number of fused-ring (bicyclic) bond motifs is 2. The zero-order valence-corrected chi connectivity index (χ0v) is 24.9. The van der Waals surface area contributed by atoms with E-state index in [-0.39, 0.29) is 21.9 Å². The first-order valence-corrected chi connectivity index (χ1v) is 14.6. The number of likely N-dealkylation sites (N-methyl/N-ethyl adjacent to an activating group) is 1. The summed E-state index contributed by atoms with van der Waals surface area (Å²) in [5.41, 5.74) is 3.53. The molecule has 8 nitrogen and oxygen atoms in total. The Morgan fingerprint density at radius 2 is 1.85 bits per heavy atom. The zero-order chi connectivity index (χ0) is 28.8. The number of carbonyl (C=O) groups is 2. The molecule has 0 spiro atoms. The van der Waals surface area contributed by atoms with Crippen molar-refractivity contribution in [1.82, 2.24) is 4.57 Å². The average Bonchev–Trinajstić information content (AvgIpc) is 3.43. The average molecular weight is 630 g/mol. The van der Waals surface area contributed by atoms with E-state index < -0.39 is 6.04 Å². The highest BCUT2D eigenvalue weighted by Gasteiger charge is 2.37. The van der Waals surface area contributed by atoms with Gasteiger partial charge in [0, 0.05) is 22.3 Å². The number of anilines is 2. The Morgan fingerprint density at radius 3 is 2.59 bits per heavy atom. The Labute approximate surface area is 248 Å². The predicted octanol–water partition coefficient (Wildman–Crippen LogP) is 4.38. The van der Waals surface area contributed by atoms with Crippen LogP contribution in [0.2, 0.25) is 0 Å². The number of benzene rings is 3. The van der Waals surface area contributed by atoms with Gasteiger partial charge in [-0.05, 0) is 61.9 Å². The molecule has 0 fully saturated rings. The molecule has 10 heteroatoms. The summed E-state index contributed by atoms with van der Waals surface area (Å²) in [6.45, 7) is 4.13. The largest absolute Gasteiger partial charge is 0.497 e. The summed E-state index contributed by atoms with van der Waals surface area (Å²) in [4.78, 5) is 48.6. The lowest BCUT2D eigenvalue weighted by molar-refractivity contribution is -0.114.